The molecule has 4 rings (SSSR count). The maximum absolute atomic E-state index is 13.2. The summed E-state index contributed by atoms with van der Waals surface area (Å²) in [4.78, 5) is 26.9. The molecule has 0 spiro atoms. The molecule has 0 unspecified atom stereocenters. The van der Waals surface area contributed by atoms with Gasteiger partial charge in [-0.2, -0.15) is 0 Å². The van der Waals surface area contributed by atoms with E-state index in [1.165, 1.54) is 12.1 Å². The fourth-order valence-electron chi connectivity index (χ4n) is 3.50. The molecule has 1 atom stereocenters. The van der Waals surface area contributed by atoms with Gasteiger partial charge in [0, 0.05) is 24.5 Å². The number of benzene rings is 2. The van der Waals surface area contributed by atoms with Crippen LogP contribution < -0.4 is 10.2 Å². The largest absolute Gasteiger partial charge is 0.368 e. The second kappa shape index (κ2) is 7.29. The van der Waals surface area contributed by atoms with E-state index in [-0.39, 0.29) is 22.6 Å². The van der Waals surface area contributed by atoms with Crippen molar-refractivity contribution in [3.63, 3.8) is 0 Å². The number of hydrogen-bond donors (Lipinski definition) is 1. The number of fused-ring (bicyclic) bond motifs is 1. The van der Waals surface area contributed by atoms with Gasteiger partial charge in [-0.1, -0.05) is 17.7 Å². The molecule has 0 saturated carbocycles. The van der Waals surface area contributed by atoms with E-state index < -0.39 is 11.7 Å². The third-order valence-corrected chi connectivity index (χ3v) is 5.20. The molecule has 2 aliphatic heterocycles. The highest BCUT2D eigenvalue weighted by atomic mass is 35.5. The number of nitrogens with zero attached hydrogens (tertiary/aromatic N) is 1. The number of hydrogen-bond acceptors (Lipinski definition) is 3. The number of carbonyl (C=O) groups is 2. The van der Waals surface area contributed by atoms with Crippen LogP contribution in [0.25, 0.3) is 0 Å². The van der Waals surface area contributed by atoms with Gasteiger partial charge in [-0.05, 0) is 55.2 Å². The Balaban J connectivity index is 1.54. The molecule has 1 fully saturated rings. The first-order chi connectivity index (χ1) is 13.0. The molecule has 0 bridgehead atoms. The lowest BCUT2D eigenvalue weighted by Gasteiger charge is -2.21. The lowest BCUT2D eigenvalue weighted by atomic mass is 10.1. The summed E-state index contributed by atoms with van der Waals surface area (Å²) < 4.78 is 18.7. The molecule has 1 N–H and O–H groups in total. The maximum Gasteiger partial charge on any atom is 0.257 e. The van der Waals surface area contributed by atoms with Crippen molar-refractivity contribution in [1.82, 2.24) is 0 Å². The molecule has 2 aromatic carbocycles. The molecule has 27 heavy (non-hydrogen) atoms. The van der Waals surface area contributed by atoms with Crippen LogP contribution in [0.3, 0.4) is 0 Å². The molecule has 2 aromatic rings. The number of halogens is 2. The molecule has 1 saturated heterocycles. The van der Waals surface area contributed by atoms with Crippen LogP contribution in [0.5, 0.6) is 0 Å². The van der Waals surface area contributed by atoms with Crippen LogP contribution in [0.2, 0.25) is 5.02 Å². The Morgan fingerprint density at radius 1 is 1.22 bits per heavy atom. The molecule has 2 heterocycles. The lowest BCUT2D eigenvalue weighted by Crippen LogP contribution is -2.37. The quantitative estimate of drug-likeness (QED) is 0.870. The van der Waals surface area contributed by atoms with Crippen molar-refractivity contribution in [2.45, 2.75) is 25.4 Å². The van der Waals surface area contributed by atoms with Gasteiger partial charge in [0.2, 0.25) is 0 Å². The summed E-state index contributed by atoms with van der Waals surface area (Å²) in [6.07, 6.45) is 2.02. The smallest absolute Gasteiger partial charge is 0.257 e. The first-order valence-electron chi connectivity index (χ1n) is 8.85. The Morgan fingerprint density at radius 2 is 2.07 bits per heavy atom. The predicted molar refractivity (Wildman–Crippen MR) is 101 cm³/mol. The molecule has 2 amide bonds. The Bertz CT molecular complexity index is 912. The number of rotatable bonds is 3. The van der Waals surface area contributed by atoms with Gasteiger partial charge in [0.05, 0.1) is 10.6 Å². The minimum absolute atomic E-state index is 0.0312. The lowest BCUT2D eigenvalue weighted by molar-refractivity contribution is -0.127. The summed E-state index contributed by atoms with van der Waals surface area (Å²) in [7, 11) is 0. The number of amides is 2. The Morgan fingerprint density at radius 3 is 2.81 bits per heavy atom. The molecule has 0 aromatic heterocycles. The van der Waals surface area contributed by atoms with E-state index in [1.54, 1.807) is 17.0 Å². The highest BCUT2D eigenvalue weighted by Crippen LogP contribution is 2.33. The van der Waals surface area contributed by atoms with Gasteiger partial charge >= 0.3 is 0 Å². The van der Waals surface area contributed by atoms with Crippen LogP contribution in [0.1, 0.15) is 28.8 Å². The van der Waals surface area contributed by atoms with Crippen molar-refractivity contribution >= 4 is 34.8 Å². The van der Waals surface area contributed by atoms with Crippen molar-refractivity contribution in [3.05, 3.63) is 58.4 Å². The minimum atomic E-state index is -0.502. The van der Waals surface area contributed by atoms with E-state index in [0.29, 0.717) is 18.8 Å². The fraction of sp³-hybridized carbons (Fsp3) is 0.300. The third-order valence-electron chi connectivity index (χ3n) is 4.89. The Kier molecular flexibility index (Phi) is 4.85. The normalized spacial score (nSPS) is 18.4. The van der Waals surface area contributed by atoms with Crippen LogP contribution in [0.15, 0.2) is 36.4 Å². The SMILES string of the molecule is O=C(Nc1ccc2c(c1)N(C(=O)[C@@H]1CCCO1)CC2)c1ccc(F)cc1Cl. The zero-order valence-electron chi connectivity index (χ0n) is 14.5. The summed E-state index contributed by atoms with van der Waals surface area (Å²) in [5.74, 6) is -0.969. The minimum Gasteiger partial charge on any atom is -0.368 e. The van der Waals surface area contributed by atoms with Gasteiger partial charge in [-0.25, -0.2) is 4.39 Å². The second-order valence-corrected chi connectivity index (χ2v) is 7.07. The van der Waals surface area contributed by atoms with Crippen LogP contribution >= 0.6 is 11.6 Å². The molecule has 5 nitrogen and oxygen atoms in total. The van der Waals surface area contributed by atoms with Crippen LogP contribution in [0, 0.1) is 5.82 Å². The van der Waals surface area contributed by atoms with Crippen molar-refractivity contribution in [1.29, 1.82) is 0 Å². The van der Waals surface area contributed by atoms with Crippen molar-refractivity contribution < 1.29 is 18.7 Å². The first kappa shape index (κ1) is 17.9. The molecule has 7 heteroatoms. The van der Waals surface area contributed by atoms with Gasteiger partial charge < -0.3 is 15.0 Å². The zero-order chi connectivity index (χ0) is 19.0. The number of ether oxygens (including phenoxy) is 1. The fourth-order valence-corrected chi connectivity index (χ4v) is 3.76. The molecule has 0 aliphatic carbocycles. The van der Waals surface area contributed by atoms with Gasteiger partial charge in [0.25, 0.3) is 11.8 Å². The molecule has 0 radical (unpaired) electrons. The number of anilines is 2. The topological polar surface area (TPSA) is 58.6 Å². The Hall–Kier alpha value is -2.44. The van der Waals surface area contributed by atoms with Gasteiger partial charge in [-0.3, -0.25) is 9.59 Å². The average molecular weight is 389 g/mol. The number of nitrogens with one attached hydrogen (secondary N) is 1. The molecular formula is C20H18ClFN2O3. The summed E-state index contributed by atoms with van der Waals surface area (Å²) in [6.45, 7) is 1.22. The first-order valence-corrected chi connectivity index (χ1v) is 9.23. The predicted octanol–water partition coefficient (Wildman–Crippen LogP) is 3.80. The summed E-state index contributed by atoms with van der Waals surface area (Å²) >= 11 is 5.95. The van der Waals surface area contributed by atoms with Gasteiger partial charge in [-0.15, -0.1) is 0 Å². The van der Waals surface area contributed by atoms with E-state index in [9.17, 15) is 14.0 Å². The summed E-state index contributed by atoms with van der Waals surface area (Å²) in [5.41, 5.74) is 2.58. The van der Waals surface area contributed by atoms with E-state index >= 15 is 0 Å². The average Bonchev–Trinajstić information content (AvgIpc) is 3.31. The maximum atomic E-state index is 13.2. The van der Waals surface area contributed by atoms with Gasteiger partial charge in [0.15, 0.2) is 0 Å². The molecule has 140 valence electrons. The van der Waals surface area contributed by atoms with Crippen LogP contribution in [-0.4, -0.2) is 31.1 Å². The van der Waals surface area contributed by atoms with Crippen molar-refractivity contribution in [3.8, 4) is 0 Å². The second-order valence-electron chi connectivity index (χ2n) is 6.66. The van der Waals surface area contributed by atoms with Crippen LogP contribution in [-0.2, 0) is 16.0 Å². The highest BCUT2D eigenvalue weighted by Gasteiger charge is 2.32. The Labute approximate surface area is 161 Å². The number of carbonyl (C=O) groups excluding carboxylic acids is 2. The molecule has 2 aliphatic rings. The van der Waals surface area contributed by atoms with E-state index in [4.69, 9.17) is 16.3 Å². The summed E-state index contributed by atoms with van der Waals surface area (Å²) in [6, 6.07) is 9.10. The van der Waals surface area contributed by atoms with E-state index in [2.05, 4.69) is 5.32 Å². The summed E-state index contributed by atoms with van der Waals surface area (Å²) in [5, 5.41) is 2.81. The highest BCUT2D eigenvalue weighted by molar-refractivity contribution is 6.34. The zero-order valence-corrected chi connectivity index (χ0v) is 15.3. The van der Waals surface area contributed by atoms with Crippen LogP contribution in [0.4, 0.5) is 15.8 Å². The monoisotopic (exact) mass is 388 g/mol. The van der Waals surface area contributed by atoms with Crippen molar-refractivity contribution in [2.75, 3.05) is 23.4 Å². The van der Waals surface area contributed by atoms with Crippen molar-refractivity contribution in [2.24, 2.45) is 0 Å². The van der Waals surface area contributed by atoms with Gasteiger partial charge in [0.1, 0.15) is 11.9 Å². The van der Waals surface area contributed by atoms with E-state index in [0.717, 1.165) is 36.6 Å². The third kappa shape index (κ3) is 3.55. The van der Waals surface area contributed by atoms with E-state index in [1.807, 2.05) is 6.07 Å². The standard InChI is InChI=1S/C20H18ClFN2O3/c21-16-10-13(22)4-6-15(16)19(25)23-14-5-3-12-7-8-24(17(12)11-14)20(26)18-2-1-9-27-18/h3-6,10-11,18H,1-2,7-9H2,(H,23,25)/t18-/m0/s1. The molecular weight excluding hydrogens is 371 g/mol.